The Morgan fingerprint density at radius 1 is 1.46 bits per heavy atom. The second-order valence-corrected chi connectivity index (χ2v) is 3.85. The molecule has 0 aliphatic rings. The molecule has 70 valence electrons. The number of thiocarbonyl (C=S) groups is 1. The monoisotopic (exact) mass is 259 g/mol. The summed E-state index contributed by atoms with van der Waals surface area (Å²) in [5.41, 5.74) is 0.922. The Morgan fingerprint density at radius 3 is 2.46 bits per heavy atom. The SMILES string of the molecule is CN(N)C(=S)Nc1ccc(Br)cc1. The van der Waals surface area contributed by atoms with Crippen LogP contribution in [0.2, 0.25) is 0 Å². The second-order valence-electron chi connectivity index (χ2n) is 2.55. The minimum absolute atomic E-state index is 0.488. The van der Waals surface area contributed by atoms with E-state index in [2.05, 4.69) is 21.2 Å². The van der Waals surface area contributed by atoms with Gasteiger partial charge in [-0.15, -0.1) is 0 Å². The van der Waals surface area contributed by atoms with Gasteiger partial charge in [-0.1, -0.05) is 15.9 Å². The molecule has 3 nitrogen and oxygen atoms in total. The van der Waals surface area contributed by atoms with Gasteiger partial charge in [0.1, 0.15) is 0 Å². The molecule has 0 atom stereocenters. The molecule has 0 radical (unpaired) electrons. The first-order valence-corrected chi connectivity index (χ1v) is 4.84. The van der Waals surface area contributed by atoms with E-state index in [1.165, 1.54) is 5.01 Å². The van der Waals surface area contributed by atoms with Crippen LogP contribution in [-0.2, 0) is 0 Å². The second kappa shape index (κ2) is 4.55. The molecule has 0 bridgehead atoms. The maximum absolute atomic E-state index is 5.43. The molecule has 0 aromatic heterocycles. The van der Waals surface area contributed by atoms with E-state index in [0.29, 0.717) is 5.11 Å². The van der Waals surface area contributed by atoms with Crippen LogP contribution in [0.25, 0.3) is 0 Å². The first-order valence-electron chi connectivity index (χ1n) is 3.64. The van der Waals surface area contributed by atoms with Gasteiger partial charge in [0.05, 0.1) is 0 Å². The first kappa shape index (κ1) is 10.4. The van der Waals surface area contributed by atoms with Crippen molar-refractivity contribution in [3.8, 4) is 0 Å². The van der Waals surface area contributed by atoms with Crippen molar-refractivity contribution in [2.75, 3.05) is 12.4 Å². The predicted octanol–water partition coefficient (Wildman–Crippen LogP) is 1.95. The summed E-state index contributed by atoms with van der Waals surface area (Å²) >= 11 is 8.32. The molecule has 0 fully saturated rings. The Balaban J connectivity index is 2.65. The van der Waals surface area contributed by atoms with Crippen molar-refractivity contribution in [2.24, 2.45) is 5.84 Å². The summed E-state index contributed by atoms with van der Waals surface area (Å²) < 4.78 is 1.03. The lowest BCUT2D eigenvalue weighted by Gasteiger charge is -2.14. The summed E-state index contributed by atoms with van der Waals surface area (Å²) in [6.45, 7) is 0. The average molecular weight is 260 g/mol. The quantitative estimate of drug-likeness (QED) is 0.460. The van der Waals surface area contributed by atoms with E-state index in [9.17, 15) is 0 Å². The number of benzene rings is 1. The number of halogens is 1. The van der Waals surface area contributed by atoms with Crippen LogP contribution in [-0.4, -0.2) is 17.2 Å². The zero-order chi connectivity index (χ0) is 9.84. The van der Waals surface area contributed by atoms with Crippen LogP contribution in [0, 0.1) is 0 Å². The molecular formula is C8H10BrN3S. The summed E-state index contributed by atoms with van der Waals surface area (Å²) in [5, 5.41) is 4.83. The summed E-state index contributed by atoms with van der Waals surface area (Å²) in [5.74, 6) is 5.43. The van der Waals surface area contributed by atoms with Crippen molar-refractivity contribution in [3.63, 3.8) is 0 Å². The van der Waals surface area contributed by atoms with Crippen molar-refractivity contribution in [3.05, 3.63) is 28.7 Å². The Bertz CT molecular complexity index is 297. The van der Waals surface area contributed by atoms with Crippen molar-refractivity contribution < 1.29 is 0 Å². The lowest BCUT2D eigenvalue weighted by Crippen LogP contribution is -2.36. The highest BCUT2D eigenvalue weighted by Crippen LogP contribution is 2.14. The summed E-state index contributed by atoms with van der Waals surface area (Å²) in [6.07, 6.45) is 0. The number of nitrogens with two attached hydrogens (primary N) is 1. The highest BCUT2D eigenvalue weighted by Gasteiger charge is 1.98. The molecule has 5 heteroatoms. The van der Waals surface area contributed by atoms with Gasteiger partial charge in [-0.25, -0.2) is 5.84 Å². The van der Waals surface area contributed by atoms with Crippen molar-refractivity contribution >= 4 is 38.9 Å². The van der Waals surface area contributed by atoms with E-state index in [1.807, 2.05) is 24.3 Å². The molecule has 0 unspecified atom stereocenters. The molecule has 1 aromatic rings. The largest absolute Gasteiger partial charge is 0.332 e. The Kier molecular flexibility index (Phi) is 3.65. The minimum Gasteiger partial charge on any atom is -0.332 e. The molecule has 0 saturated carbocycles. The molecule has 3 N–H and O–H groups in total. The van der Waals surface area contributed by atoms with E-state index in [1.54, 1.807) is 7.05 Å². The number of nitrogens with zero attached hydrogens (tertiary/aromatic N) is 1. The third-order valence-corrected chi connectivity index (χ3v) is 2.33. The maximum atomic E-state index is 5.43. The summed E-state index contributed by atoms with van der Waals surface area (Å²) in [4.78, 5) is 0. The number of hydrazine groups is 1. The topological polar surface area (TPSA) is 41.3 Å². The zero-order valence-electron chi connectivity index (χ0n) is 7.12. The fourth-order valence-corrected chi connectivity index (χ4v) is 1.13. The Hall–Kier alpha value is -0.650. The van der Waals surface area contributed by atoms with Crippen molar-refractivity contribution in [1.29, 1.82) is 0 Å². The number of anilines is 1. The van der Waals surface area contributed by atoms with E-state index >= 15 is 0 Å². The molecule has 1 aromatic carbocycles. The molecule has 0 heterocycles. The lowest BCUT2D eigenvalue weighted by atomic mass is 10.3. The summed E-state index contributed by atoms with van der Waals surface area (Å²) in [7, 11) is 1.69. The molecule has 0 amide bonds. The smallest absolute Gasteiger partial charge is 0.187 e. The normalized spacial score (nSPS) is 9.46. The van der Waals surface area contributed by atoms with Crippen LogP contribution in [0.3, 0.4) is 0 Å². The van der Waals surface area contributed by atoms with Crippen LogP contribution < -0.4 is 11.2 Å². The van der Waals surface area contributed by atoms with Gasteiger partial charge in [0.15, 0.2) is 5.11 Å². The molecule has 0 spiro atoms. The van der Waals surface area contributed by atoms with E-state index in [4.69, 9.17) is 18.1 Å². The average Bonchev–Trinajstić information content (AvgIpc) is 2.08. The predicted molar refractivity (Wildman–Crippen MR) is 62.3 cm³/mol. The van der Waals surface area contributed by atoms with Gasteiger partial charge in [0, 0.05) is 17.2 Å². The zero-order valence-corrected chi connectivity index (χ0v) is 9.52. The lowest BCUT2D eigenvalue weighted by molar-refractivity contribution is 0.548. The van der Waals surface area contributed by atoms with E-state index < -0.39 is 0 Å². The fourth-order valence-electron chi connectivity index (χ4n) is 0.745. The number of hydrogen-bond donors (Lipinski definition) is 2. The Morgan fingerprint density at radius 2 is 2.00 bits per heavy atom. The highest BCUT2D eigenvalue weighted by atomic mass is 79.9. The van der Waals surface area contributed by atoms with Crippen LogP contribution in [0.4, 0.5) is 5.69 Å². The van der Waals surface area contributed by atoms with Gasteiger partial charge in [-0.2, -0.15) is 0 Å². The van der Waals surface area contributed by atoms with Crippen molar-refractivity contribution in [2.45, 2.75) is 0 Å². The van der Waals surface area contributed by atoms with Gasteiger partial charge in [0.25, 0.3) is 0 Å². The highest BCUT2D eigenvalue weighted by molar-refractivity contribution is 9.10. The van der Waals surface area contributed by atoms with E-state index in [-0.39, 0.29) is 0 Å². The van der Waals surface area contributed by atoms with Gasteiger partial charge in [-0.3, -0.25) is 5.01 Å². The third-order valence-electron chi connectivity index (χ3n) is 1.42. The maximum Gasteiger partial charge on any atom is 0.187 e. The molecule has 0 aliphatic heterocycles. The van der Waals surface area contributed by atoms with Crippen molar-refractivity contribution in [1.82, 2.24) is 5.01 Å². The number of nitrogens with one attached hydrogen (secondary N) is 1. The van der Waals surface area contributed by atoms with Crippen LogP contribution in [0.15, 0.2) is 28.7 Å². The van der Waals surface area contributed by atoms with Gasteiger partial charge >= 0.3 is 0 Å². The first-order chi connectivity index (χ1) is 6.09. The van der Waals surface area contributed by atoms with E-state index in [0.717, 1.165) is 10.2 Å². The molecule has 0 saturated heterocycles. The Labute approximate surface area is 91.0 Å². The minimum atomic E-state index is 0.488. The molecular weight excluding hydrogens is 250 g/mol. The molecule has 0 aliphatic carbocycles. The molecule has 1 rings (SSSR count). The number of rotatable bonds is 1. The number of hydrogen-bond acceptors (Lipinski definition) is 2. The van der Waals surface area contributed by atoms with Gasteiger partial charge < -0.3 is 5.32 Å². The summed E-state index contributed by atoms with van der Waals surface area (Å²) in [6, 6.07) is 7.70. The third kappa shape index (κ3) is 3.30. The van der Waals surface area contributed by atoms with Crippen LogP contribution in [0.5, 0.6) is 0 Å². The van der Waals surface area contributed by atoms with Gasteiger partial charge in [-0.05, 0) is 36.5 Å². The fraction of sp³-hybridized carbons (Fsp3) is 0.125. The standard InChI is InChI=1S/C8H10BrN3S/c1-12(10)8(13)11-7-4-2-6(9)3-5-7/h2-5H,10H2,1H3,(H,11,13). The molecule has 13 heavy (non-hydrogen) atoms. The van der Waals surface area contributed by atoms with Crippen LogP contribution >= 0.6 is 28.1 Å². The van der Waals surface area contributed by atoms with Crippen LogP contribution in [0.1, 0.15) is 0 Å². The van der Waals surface area contributed by atoms with Gasteiger partial charge in [0.2, 0.25) is 0 Å².